The van der Waals surface area contributed by atoms with Crippen molar-refractivity contribution in [3.8, 4) is 0 Å². The van der Waals surface area contributed by atoms with Gasteiger partial charge in [-0.2, -0.15) is 0 Å². The van der Waals surface area contributed by atoms with Gasteiger partial charge >= 0.3 is 6.09 Å². The topological polar surface area (TPSA) is 75.7 Å². The quantitative estimate of drug-likeness (QED) is 0.892. The van der Waals surface area contributed by atoms with Crippen molar-refractivity contribution in [2.75, 3.05) is 23.7 Å². The van der Waals surface area contributed by atoms with Gasteiger partial charge in [0, 0.05) is 12.2 Å². The van der Waals surface area contributed by atoms with Crippen LogP contribution in [-0.4, -0.2) is 39.5 Å². The molecule has 7 heteroatoms. The van der Waals surface area contributed by atoms with E-state index in [0.29, 0.717) is 6.54 Å². The molecule has 1 saturated heterocycles. The fraction of sp³-hybridized carbons (Fsp3) is 0.562. The van der Waals surface area contributed by atoms with Crippen LogP contribution < -0.4 is 9.62 Å². The summed E-state index contributed by atoms with van der Waals surface area (Å²) in [6.45, 7) is 8.37. The molecule has 1 amide bonds. The molecule has 128 valence electrons. The van der Waals surface area contributed by atoms with Crippen molar-refractivity contribution in [1.29, 1.82) is 0 Å². The fourth-order valence-corrected chi connectivity index (χ4v) is 2.95. The number of benzene rings is 1. The van der Waals surface area contributed by atoms with Gasteiger partial charge in [-0.15, -0.1) is 0 Å². The lowest BCUT2D eigenvalue weighted by Crippen LogP contribution is -2.35. The van der Waals surface area contributed by atoms with Crippen molar-refractivity contribution >= 4 is 21.8 Å². The second kappa shape index (κ2) is 6.49. The minimum Gasteiger partial charge on any atom is -0.443 e. The Hall–Kier alpha value is -1.60. The molecule has 0 radical (unpaired) electrons. The van der Waals surface area contributed by atoms with Gasteiger partial charge in [0.2, 0.25) is 10.0 Å². The number of carbonyl (C=O) groups excluding carboxylic acids is 1. The molecule has 1 heterocycles. The molecular formula is C16H24N2O4S. The lowest BCUT2D eigenvalue weighted by atomic mass is 9.87. The molecular weight excluding hydrogens is 316 g/mol. The van der Waals surface area contributed by atoms with E-state index in [2.05, 4.69) is 25.5 Å². The summed E-state index contributed by atoms with van der Waals surface area (Å²) in [6, 6.07) is 7.77. The van der Waals surface area contributed by atoms with Crippen LogP contribution in [0.3, 0.4) is 0 Å². The highest BCUT2D eigenvalue weighted by molar-refractivity contribution is 7.89. The second-order valence-electron chi connectivity index (χ2n) is 6.67. The highest BCUT2D eigenvalue weighted by Gasteiger charge is 2.33. The van der Waals surface area contributed by atoms with Gasteiger partial charge in [-0.05, 0) is 30.0 Å². The summed E-state index contributed by atoms with van der Waals surface area (Å²) in [5, 5.41) is 0. The van der Waals surface area contributed by atoms with Crippen LogP contribution in [0.4, 0.5) is 10.5 Å². The molecule has 0 bridgehead atoms. The first-order chi connectivity index (χ1) is 10.6. The van der Waals surface area contributed by atoms with Crippen LogP contribution in [0.5, 0.6) is 0 Å². The molecule has 1 fully saturated rings. The Morgan fingerprint density at radius 1 is 1.26 bits per heavy atom. The van der Waals surface area contributed by atoms with Crippen molar-refractivity contribution in [3.05, 3.63) is 29.8 Å². The first-order valence-corrected chi connectivity index (χ1v) is 9.33. The Morgan fingerprint density at radius 2 is 1.87 bits per heavy atom. The van der Waals surface area contributed by atoms with Gasteiger partial charge in [-0.3, -0.25) is 4.90 Å². The molecule has 0 saturated carbocycles. The monoisotopic (exact) mass is 340 g/mol. The van der Waals surface area contributed by atoms with E-state index in [1.54, 1.807) is 6.92 Å². The number of hydrogen-bond acceptors (Lipinski definition) is 4. The predicted octanol–water partition coefficient (Wildman–Crippen LogP) is 2.25. The van der Waals surface area contributed by atoms with Gasteiger partial charge < -0.3 is 4.74 Å². The van der Waals surface area contributed by atoms with Crippen LogP contribution in [0.25, 0.3) is 0 Å². The zero-order chi connectivity index (χ0) is 17.3. The molecule has 2 rings (SSSR count). The number of anilines is 1. The Kier molecular flexibility index (Phi) is 5.01. The highest BCUT2D eigenvalue weighted by Crippen LogP contribution is 2.27. The molecule has 1 atom stereocenters. The van der Waals surface area contributed by atoms with E-state index >= 15 is 0 Å². The summed E-state index contributed by atoms with van der Waals surface area (Å²) >= 11 is 0. The third-order valence-electron chi connectivity index (χ3n) is 3.83. The van der Waals surface area contributed by atoms with Crippen molar-refractivity contribution in [2.24, 2.45) is 0 Å². The van der Waals surface area contributed by atoms with Gasteiger partial charge in [0.15, 0.2) is 0 Å². The first kappa shape index (κ1) is 17.7. The zero-order valence-corrected chi connectivity index (χ0v) is 14.8. The molecule has 0 aliphatic carbocycles. The minimum absolute atomic E-state index is 0.00560. The third-order valence-corrected chi connectivity index (χ3v) is 5.20. The number of rotatable bonds is 5. The van der Waals surface area contributed by atoms with Crippen LogP contribution in [0.15, 0.2) is 24.3 Å². The number of hydrogen-bond donors (Lipinski definition) is 1. The number of amides is 1. The number of nitrogens with zero attached hydrogens (tertiary/aromatic N) is 1. The van der Waals surface area contributed by atoms with Crippen molar-refractivity contribution in [3.63, 3.8) is 0 Å². The van der Waals surface area contributed by atoms with Crippen molar-refractivity contribution in [1.82, 2.24) is 4.72 Å². The summed E-state index contributed by atoms with van der Waals surface area (Å²) in [5.41, 5.74) is 1.98. The lowest BCUT2D eigenvalue weighted by Gasteiger charge is -2.20. The molecule has 1 unspecified atom stereocenters. The van der Waals surface area contributed by atoms with E-state index in [-0.39, 0.29) is 17.7 Å². The molecule has 1 aliphatic rings. The van der Waals surface area contributed by atoms with Crippen LogP contribution in [-0.2, 0) is 20.2 Å². The van der Waals surface area contributed by atoms with E-state index in [1.165, 1.54) is 10.5 Å². The standard InChI is InChI=1S/C16H24N2O4S/c1-5-23(20,21)17-10-14-11-18(15(19)22-14)13-8-6-12(7-9-13)16(2,3)4/h6-9,14,17H,5,10-11H2,1-4H3. The molecule has 1 aromatic carbocycles. The zero-order valence-electron chi connectivity index (χ0n) is 14.0. The summed E-state index contributed by atoms with van der Waals surface area (Å²) in [6.07, 6.45) is -0.930. The minimum atomic E-state index is -3.29. The fourth-order valence-electron chi connectivity index (χ4n) is 2.30. The Morgan fingerprint density at radius 3 is 2.39 bits per heavy atom. The van der Waals surface area contributed by atoms with Crippen LogP contribution in [0.2, 0.25) is 0 Å². The number of nitrogens with one attached hydrogen (secondary N) is 1. The van der Waals surface area contributed by atoms with Crippen LogP contribution >= 0.6 is 0 Å². The van der Waals surface area contributed by atoms with E-state index in [0.717, 1.165) is 5.69 Å². The Balaban J connectivity index is 2.03. The molecule has 0 spiro atoms. The van der Waals surface area contributed by atoms with Gasteiger partial charge in [-0.1, -0.05) is 32.9 Å². The molecule has 6 nitrogen and oxygen atoms in total. The van der Waals surface area contributed by atoms with Gasteiger partial charge in [0.25, 0.3) is 0 Å². The number of cyclic esters (lactones) is 1. The number of carbonyl (C=O) groups is 1. The van der Waals surface area contributed by atoms with Crippen molar-refractivity contribution in [2.45, 2.75) is 39.2 Å². The summed E-state index contributed by atoms with van der Waals surface area (Å²) in [5.74, 6) is 0.00560. The number of ether oxygens (including phenoxy) is 1. The van der Waals surface area contributed by atoms with Crippen LogP contribution in [0, 0.1) is 0 Å². The third kappa shape index (κ3) is 4.45. The normalized spacial score (nSPS) is 19.0. The lowest BCUT2D eigenvalue weighted by molar-refractivity contribution is 0.143. The van der Waals surface area contributed by atoms with E-state index in [1.807, 2.05) is 24.3 Å². The largest absolute Gasteiger partial charge is 0.443 e. The maximum atomic E-state index is 12.0. The highest BCUT2D eigenvalue weighted by atomic mass is 32.2. The number of sulfonamides is 1. The van der Waals surface area contributed by atoms with Crippen molar-refractivity contribution < 1.29 is 17.9 Å². The average Bonchev–Trinajstić information content (AvgIpc) is 2.86. The maximum Gasteiger partial charge on any atom is 0.414 e. The Labute approximate surface area is 137 Å². The smallest absolute Gasteiger partial charge is 0.414 e. The Bertz CT molecular complexity index is 662. The van der Waals surface area contributed by atoms with E-state index < -0.39 is 22.2 Å². The average molecular weight is 340 g/mol. The molecule has 23 heavy (non-hydrogen) atoms. The maximum absolute atomic E-state index is 12.0. The summed E-state index contributed by atoms with van der Waals surface area (Å²) in [7, 11) is -3.29. The molecule has 0 aromatic heterocycles. The second-order valence-corrected chi connectivity index (χ2v) is 8.76. The van der Waals surface area contributed by atoms with E-state index in [4.69, 9.17) is 4.74 Å². The predicted molar refractivity (Wildman–Crippen MR) is 90.2 cm³/mol. The molecule has 1 aromatic rings. The van der Waals surface area contributed by atoms with Gasteiger partial charge in [0.1, 0.15) is 6.10 Å². The summed E-state index contributed by atoms with van der Waals surface area (Å²) in [4.78, 5) is 13.5. The summed E-state index contributed by atoms with van der Waals surface area (Å²) < 4.78 is 30.6. The first-order valence-electron chi connectivity index (χ1n) is 7.68. The van der Waals surface area contributed by atoms with Gasteiger partial charge in [-0.25, -0.2) is 17.9 Å². The van der Waals surface area contributed by atoms with Crippen LogP contribution in [0.1, 0.15) is 33.3 Å². The molecule has 1 N–H and O–H groups in total. The van der Waals surface area contributed by atoms with Gasteiger partial charge in [0.05, 0.1) is 12.3 Å². The van der Waals surface area contributed by atoms with E-state index in [9.17, 15) is 13.2 Å². The molecule has 1 aliphatic heterocycles. The SMILES string of the molecule is CCS(=O)(=O)NCC1CN(c2ccc(C(C)(C)C)cc2)C(=O)O1.